The number of hydrogen-bond donors (Lipinski definition) is 0. The van der Waals surface area contributed by atoms with E-state index < -0.39 is 14.3 Å². The molecule has 1 heterocycles. The lowest BCUT2D eigenvalue weighted by Gasteiger charge is -2.36. The van der Waals surface area contributed by atoms with Crippen molar-refractivity contribution in [1.29, 1.82) is 0 Å². The molecule has 2 aromatic carbocycles. The molecule has 0 saturated carbocycles. The Morgan fingerprint density at radius 2 is 1.65 bits per heavy atom. The van der Waals surface area contributed by atoms with Crippen LogP contribution in [0.4, 0.5) is 0 Å². The molecule has 3 rings (SSSR count). The second-order valence-corrected chi connectivity index (χ2v) is 15.5. The Morgan fingerprint density at radius 3 is 2.21 bits per heavy atom. The maximum atomic E-state index is 13.0. The Hall–Kier alpha value is -1.83. The SMILES string of the molecule is CCOC(=O)c1nn(-c2ccc(Cl)cc2Cl)c(-c2ccc(Cl)cc2)c1CO[Si](C)(C)C(C)(C)C. The summed E-state index contributed by atoms with van der Waals surface area (Å²) in [6, 6.07) is 12.5. The number of carbonyl (C=O) groups excluding carboxylic acids is 1. The Bertz CT molecular complexity index is 1190. The molecule has 3 aromatic rings. The van der Waals surface area contributed by atoms with E-state index in [4.69, 9.17) is 44.0 Å². The topological polar surface area (TPSA) is 53.3 Å². The van der Waals surface area contributed by atoms with Gasteiger partial charge in [0.15, 0.2) is 14.0 Å². The van der Waals surface area contributed by atoms with E-state index in [0.29, 0.717) is 32.0 Å². The van der Waals surface area contributed by atoms with Crippen molar-refractivity contribution in [2.24, 2.45) is 0 Å². The highest BCUT2D eigenvalue weighted by atomic mass is 35.5. The van der Waals surface area contributed by atoms with Crippen LogP contribution >= 0.6 is 34.8 Å². The first kappa shape index (κ1) is 26.8. The lowest BCUT2D eigenvalue weighted by Crippen LogP contribution is -2.40. The van der Waals surface area contributed by atoms with Crippen LogP contribution in [0.1, 0.15) is 43.7 Å². The van der Waals surface area contributed by atoms with Crippen LogP contribution in [0, 0.1) is 0 Å². The van der Waals surface area contributed by atoms with Gasteiger partial charge in [0, 0.05) is 21.2 Å². The van der Waals surface area contributed by atoms with Crippen molar-refractivity contribution in [3.63, 3.8) is 0 Å². The summed E-state index contributed by atoms with van der Waals surface area (Å²) in [5, 5.41) is 6.16. The molecule has 0 radical (unpaired) electrons. The fraction of sp³-hybridized carbons (Fsp3) is 0.360. The van der Waals surface area contributed by atoms with Crippen molar-refractivity contribution in [2.75, 3.05) is 6.61 Å². The van der Waals surface area contributed by atoms with E-state index in [-0.39, 0.29) is 23.9 Å². The third-order valence-corrected chi connectivity index (χ3v) is 11.4. The van der Waals surface area contributed by atoms with Gasteiger partial charge in [0.1, 0.15) is 0 Å². The molecule has 0 atom stereocenters. The molecule has 0 amide bonds. The van der Waals surface area contributed by atoms with Crippen molar-refractivity contribution in [3.05, 3.63) is 68.8 Å². The second kappa shape index (κ2) is 10.4. The second-order valence-electron chi connectivity index (χ2n) is 9.46. The van der Waals surface area contributed by atoms with Gasteiger partial charge in [-0.05, 0) is 55.4 Å². The number of aromatic nitrogens is 2. The minimum atomic E-state index is -2.14. The predicted molar refractivity (Wildman–Crippen MR) is 142 cm³/mol. The lowest BCUT2D eigenvalue weighted by atomic mass is 10.1. The van der Waals surface area contributed by atoms with Crippen LogP contribution in [0.5, 0.6) is 0 Å². The summed E-state index contributed by atoms with van der Waals surface area (Å²) >= 11 is 18.8. The molecule has 0 fully saturated rings. The minimum absolute atomic E-state index is 0.00694. The highest BCUT2D eigenvalue weighted by Gasteiger charge is 2.38. The summed E-state index contributed by atoms with van der Waals surface area (Å²) in [6.07, 6.45) is 0. The smallest absolute Gasteiger partial charge is 0.359 e. The van der Waals surface area contributed by atoms with Crippen LogP contribution in [0.15, 0.2) is 42.5 Å². The fourth-order valence-electron chi connectivity index (χ4n) is 3.15. The molecule has 0 unspecified atom stereocenters. The molecule has 34 heavy (non-hydrogen) atoms. The van der Waals surface area contributed by atoms with Gasteiger partial charge in [-0.3, -0.25) is 0 Å². The van der Waals surface area contributed by atoms with Crippen molar-refractivity contribution < 1.29 is 14.0 Å². The van der Waals surface area contributed by atoms with E-state index in [1.54, 1.807) is 41.9 Å². The molecule has 0 aliphatic rings. The standard InChI is InChI=1S/C25H29Cl3N2O3Si/c1-7-32-24(31)22-19(15-33-34(5,6)25(2,3)4)23(16-8-10-17(26)11-9-16)30(29-22)21-13-12-18(27)14-20(21)28/h8-14H,7,15H2,1-6H3. The first-order valence-electron chi connectivity index (χ1n) is 11.0. The van der Waals surface area contributed by atoms with Gasteiger partial charge < -0.3 is 9.16 Å². The molecule has 1 aromatic heterocycles. The largest absolute Gasteiger partial charge is 0.461 e. The number of rotatable bonds is 7. The Labute approximate surface area is 217 Å². The predicted octanol–water partition coefficient (Wildman–Crippen LogP) is 8.20. The van der Waals surface area contributed by atoms with Crippen LogP contribution in [0.3, 0.4) is 0 Å². The zero-order chi connectivity index (χ0) is 25.3. The highest BCUT2D eigenvalue weighted by molar-refractivity contribution is 6.74. The summed E-state index contributed by atoms with van der Waals surface area (Å²) in [5.41, 5.74) is 2.91. The average molecular weight is 540 g/mol. The van der Waals surface area contributed by atoms with Gasteiger partial charge in [0.2, 0.25) is 0 Å². The number of hydrogen-bond acceptors (Lipinski definition) is 4. The van der Waals surface area contributed by atoms with Crippen molar-refractivity contribution in [3.8, 4) is 16.9 Å². The Balaban J connectivity index is 2.28. The molecule has 182 valence electrons. The van der Waals surface area contributed by atoms with Crippen LogP contribution in [-0.2, 0) is 15.8 Å². The van der Waals surface area contributed by atoms with Gasteiger partial charge in [-0.1, -0.05) is 67.7 Å². The maximum Gasteiger partial charge on any atom is 0.359 e. The van der Waals surface area contributed by atoms with Gasteiger partial charge in [-0.15, -0.1) is 0 Å². The molecule has 5 nitrogen and oxygen atoms in total. The van der Waals surface area contributed by atoms with Gasteiger partial charge in [0.05, 0.1) is 29.6 Å². The molecule has 0 N–H and O–H groups in total. The highest BCUT2D eigenvalue weighted by Crippen LogP contribution is 2.39. The van der Waals surface area contributed by atoms with Crippen LogP contribution in [0.25, 0.3) is 16.9 Å². The quantitative estimate of drug-likeness (QED) is 0.224. The first-order chi connectivity index (χ1) is 15.9. The Kier molecular flexibility index (Phi) is 8.20. The van der Waals surface area contributed by atoms with E-state index in [1.807, 2.05) is 12.1 Å². The summed E-state index contributed by atoms with van der Waals surface area (Å²) in [5.74, 6) is -0.518. The number of benzene rings is 2. The Morgan fingerprint density at radius 1 is 1.03 bits per heavy atom. The van der Waals surface area contributed by atoms with Gasteiger partial charge in [-0.2, -0.15) is 5.10 Å². The van der Waals surface area contributed by atoms with E-state index in [9.17, 15) is 4.79 Å². The van der Waals surface area contributed by atoms with Gasteiger partial charge >= 0.3 is 5.97 Å². The molecule has 0 aliphatic carbocycles. The number of ether oxygens (including phenoxy) is 1. The maximum absolute atomic E-state index is 13.0. The summed E-state index contributed by atoms with van der Waals surface area (Å²) in [7, 11) is -2.14. The molecular weight excluding hydrogens is 511 g/mol. The van der Waals surface area contributed by atoms with Gasteiger partial charge in [0.25, 0.3) is 0 Å². The molecule has 0 saturated heterocycles. The minimum Gasteiger partial charge on any atom is -0.461 e. The van der Waals surface area contributed by atoms with Crippen LogP contribution < -0.4 is 0 Å². The molecule has 0 bridgehead atoms. The van der Waals surface area contributed by atoms with E-state index in [0.717, 1.165) is 5.56 Å². The summed E-state index contributed by atoms with van der Waals surface area (Å²) in [6.45, 7) is 13.0. The van der Waals surface area contributed by atoms with E-state index in [1.165, 1.54) is 0 Å². The van der Waals surface area contributed by atoms with E-state index in [2.05, 4.69) is 39.0 Å². The zero-order valence-corrected chi connectivity index (χ0v) is 23.5. The van der Waals surface area contributed by atoms with Crippen LogP contribution in [0.2, 0.25) is 33.2 Å². The molecular formula is C25H29Cl3N2O3Si. The third-order valence-electron chi connectivity index (χ3n) is 6.09. The lowest BCUT2D eigenvalue weighted by molar-refractivity contribution is 0.0515. The van der Waals surface area contributed by atoms with Crippen molar-refractivity contribution in [1.82, 2.24) is 9.78 Å². The third kappa shape index (κ3) is 5.69. The summed E-state index contributed by atoms with van der Waals surface area (Å²) in [4.78, 5) is 13.0. The van der Waals surface area contributed by atoms with Crippen molar-refractivity contribution in [2.45, 2.75) is 52.4 Å². The van der Waals surface area contributed by atoms with Gasteiger partial charge in [-0.25, -0.2) is 9.48 Å². The molecule has 9 heteroatoms. The number of carbonyl (C=O) groups is 1. The monoisotopic (exact) mass is 538 g/mol. The first-order valence-corrected chi connectivity index (χ1v) is 15.0. The van der Waals surface area contributed by atoms with Crippen LogP contribution in [-0.4, -0.2) is 30.7 Å². The number of nitrogens with zero attached hydrogens (tertiary/aromatic N) is 2. The zero-order valence-electron chi connectivity index (χ0n) is 20.2. The fourth-order valence-corrected chi connectivity index (χ4v) is 4.70. The normalized spacial score (nSPS) is 12.1. The summed E-state index contributed by atoms with van der Waals surface area (Å²) < 4.78 is 13.5. The average Bonchev–Trinajstić information content (AvgIpc) is 3.11. The van der Waals surface area contributed by atoms with E-state index >= 15 is 0 Å². The molecule has 0 aliphatic heterocycles. The van der Waals surface area contributed by atoms with Crippen molar-refractivity contribution >= 4 is 49.1 Å². The number of esters is 1. The molecule has 0 spiro atoms. The number of halogens is 3.